The Morgan fingerprint density at radius 2 is 0.927 bits per heavy atom. The van der Waals surface area contributed by atoms with Gasteiger partial charge in [-0.2, -0.15) is 0 Å². The third kappa shape index (κ3) is 9.53. The van der Waals surface area contributed by atoms with Gasteiger partial charge in [-0.05, 0) is 35.1 Å². The molecule has 2 atom stereocenters. The molecule has 0 aliphatic rings. The summed E-state index contributed by atoms with van der Waals surface area (Å²) in [6.07, 6.45) is 0.674. The highest BCUT2D eigenvalue weighted by Crippen LogP contribution is 2.28. The second kappa shape index (κ2) is 14.5. The number of hydrogen-bond donors (Lipinski definition) is 3. The van der Waals surface area contributed by atoms with Gasteiger partial charge in [0, 0.05) is 37.0 Å². The molecule has 4 aromatic carbocycles. The van der Waals surface area contributed by atoms with Crippen LogP contribution in [0.15, 0.2) is 121 Å². The molecule has 0 unspecified atom stereocenters. The molecule has 0 saturated heterocycles. The van der Waals surface area contributed by atoms with Gasteiger partial charge >= 0.3 is 8.56 Å². The number of rotatable bonds is 14. The Kier molecular flexibility index (Phi) is 10.6. The SMILES string of the molecule is NC(=O)[C@H](Cc1ccccc1)C[Si](O)(O)C[C@@H](Cc1ccccc1)C(=O)N(Cc1ccccc1)Cc1ccccc1. The molecular formula is C34H38N2O4Si. The minimum Gasteiger partial charge on any atom is -0.411 e. The zero-order valence-corrected chi connectivity index (χ0v) is 24.2. The van der Waals surface area contributed by atoms with Gasteiger partial charge in [-0.25, -0.2) is 0 Å². The molecule has 0 spiro atoms. The Labute approximate surface area is 243 Å². The molecule has 0 aliphatic carbocycles. The first-order valence-electron chi connectivity index (χ1n) is 14.0. The maximum Gasteiger partial charge on any atom is 0.334 e. The first-order valence-corrected chi connectivity index (χ1v) is 16.3. The van der Waals surface area contributed by atoms with E-state index in [1.165, 1.54) is 0 Å². The summed E-state index contributed by atoms with van der Waals surface area (Å²) in [5.74, 6) is -2.15. The summed E-state index contributed by atoms with van der Waals surface area (Å²) in [6.45, 7) is 0.784. The lowest BCUT2D eigenvalue weighted by Gasteiger charge is -2.31. The predicted octanol–water partition coefficient (Wildman–Crippen LogP) is 4.85. The van der Waals surface area contributed by atoms with E-state index < -0.39 is 26.3 Å². The zero-order valence-electron chi connectivity index (χ0n) is 23.2. The van der Waals surface area contributed by atoms with Crippen molar-refractivity contribution in [3.8, 4) is 0 Å². The molecule has 0 aromatic heterocycles. The van der Waals surface area contributed by atoms with E-state index in [1.807, 2.05) is 121 Å². The summed E-state index contributed by atoms with van der Waals surface area (Å²) in [4.78, 5) is 51.2. The van der Waals surface area contributed by atoms with Crippen LogP contribution in [-0.2, 0) is 35.5 Å². The molecule has 4 rings (SSSR count). The smallest absolute Gasteiger partial charge is 0.334 e. The largest absolute Gasteiger partial charge is 0.411 e. The van der Waals surface area contributed by atoms with Crippen LogP contribution in [0.4, 0.5) is 0 Å². The van der Waals surface area contributed by atoms with Crippen molar-refractivity contribution in [2.45, 2.75) is 38.0 Å². The molecule has 7 heteroatoms. The summed E-state index contributed by atoms with van der Waals surface area (Å²) in [5.41, 5.74) is 9.52. The van der Waals surface area contributed by atoms with Gasteiger partial charge in [0.05, 0.1) is 0 Å². The summed E-state index contributed by atoms with van der Waals surface area (Å²) in [5, 5.41) is 0. The fourth-order valence-corrected chi connectivity index (χ4v) is 7.68. The van der Waals surface area contributed by atoms with Gasteiger partial charge in [0.25, 0.3) is 0 Å². The third-order valence-electron chi connectivity index (χ3n) is 7.29. The van der Waals surface area contributed by atoms with Gasteiger partial charge in [0.1, 0.15) is 0 Å². The van der Waals surface area contributed by atoms with E-state index >= 15 is 0 Å². The van der Waals surface area contributed by atoms with Gasteiger partial charge in [-0.3, -0.25) is 9.59 Å². The quantitative estimate of drug-likeness (QED) is 0.190. The number of carbonyl (C=O) groups excluding carboxylic acids is 2. The molecule has 0 radical (unpaired) electrons. The number of nitrogens with two attached hydrogens (primary N) is 1. The predicted molar refractivity (Wildman–Crippen MR) is 163 cm³/mol. The molecule has 41 heavy (non-hydrogen) atoms. The van der Waals surface area contributed by atoms with Crippen molar-refractivity contribution in [2.75, 3.05) is 0 Å². The number of hydrogen-bond acceptors (Lipinski definition) is 4. The van der Waals surface area contributed by atoms with Crippen LogP contribution in [0, 0.1) is 11.8 Å². The molecule has 0 bridgehead atoms. The number of carbonyl (C=O) groups is 2. The average Bonchev–Trinajstić information content (AvgIpc) is 2.98. The Morgan fingerprint density at radius 1 is 0.585 bits per heavy atom. The average molecular weight is 567 g/mol. The fraction of sp³-hybridized carbons (Fsp3) is 0.235. The molecule has 0 saturated carbocycles. The first kappa shape index (κ1) is 29.9. The number of benzene rings is 4. The highest BCUT2D eigenvalue weighted by molar-refractivity contribution is 6.65. The van der Waals surface area contributed by atoms with E-state index in [9.17, 15) is 19.2 Å². The van der Waals surface area contributed by atoms with Crippen LogP contribution in [0.1, 0.15) is 22.3 Å². The Bertz CT molecular complexity index is 1330. The van der Waals surface area contributed by atoms with E-state index in [0.29, 0.717) is 25.9 Å². The monoisotopic (exact) mass is 566 g/mol. The summed E-state index contributed by atoms with van der Waals surface area (Å²) >= 11 is 0. The minimum absolute atomic E-state index is 0.0978. The Balaban J connectivity index is 1.60. The van der Waals surface area contributed by atoms with E-state index in [0.717, 1.165) is 22.3 Å². The van der Waals surface area contributed by atoms with Crippen molar-refractivity contribution in [1.82, 2.24) is 4.90 Å². The Morgan fingerprint density at radius 3 is 1.32 bits per heavy atom. The lowest BCUT2D eigenvalue weighted by Crippen LogP contribution is -2.46. The summed E-state index contributed by atoms with van der Waals surface area (Å²) < 4.78 is 0. The summed E-state index contributed by atoms with van der Waals surface area (Å²) in [7, 11) is -4.04. The molecule has 0 fully saturated rings. The van der Waals surface area contributed by atoms with Gasteiger partial charge < -0.3 is 20.2 Å². The highest BCUT2D eigenvalue weighted by atomic mass is 28.4. The number of primary amides is 1. The third-order valence-corrected chi connectivity index (χ3v) is 9.59. The van der Waals surface area contributed by atoms with Crippen molar-refractivity contribution in [3.63, 3.8) is 0 Å². The Hall–Kier alpha value is -4.04. The van der Waals surface area contributed by atoms with Crippen molar-refractivity contribution in [1.29, 1.82) is 0 Å². The van der Waals surface area contributed by atoms with Crippen LogP contribution in [0.2, 0.25) is 12.1 Å². The number of nitrogens with zero attached hydrogens (tertiary/aromatic N) is 1. The van der Waals surface area contributed by atoms with Gasteiger partial charge in [0.15, 0.2) is 0 Å². The number of amides is 2. The van der Waals surface area contributed by atoms with Crippen LogP contribution >= 0.6 is 0 Å². The van der Waals surface area contributed by atoms with E-state index in [4.69, 9.17) is 5.73 Å². The van der Waals surface area contributed by atoms with E-state index in [-0.39, 0.29) is 18.0 Å². The first-order chi connectivity index (χ1) is 19.8. The van der Waals surface area contributed by atoms with Crippen LogP contribution in [0.5, 0.6) is 0 Å². The van der Waals surface area contributed by atoms with Gasteiger partial charge in [0.2, 0.25) is 11.8 Å². The van der Waals surface area contributed by atoms with E-state index in [2.05, 4.69) is 0 Å². The second-order valence-electron chi connectivity index (χ2n) is 10.7. The maximum atomic E-state index is 14.3. The van der Waals surface area contributed by atoms with Crippen LogP contribution in [0.25, 0.3) is 0 Å². The summed E-state index contributed by atoms with van der Waals surface area (Å²) in [6, 6.07) is 38.4. The molecule has 0 heterocycles. The van der Waals surface area contributed by atoms with E-state index in [1.54, 1.807) is 4.90 Å². The molecule has 0 aliphatic heterocycles. The van der Waals surface area contributed by atoms with Crippen molar-refractivity contribution >= 4 is 20.4 Å². The normalized spacial score (nSPS) is 12.8. The molecule has 4 N–H and O–H groups in total. The van der Waals surface area contributed by atoms with Crippen molar-refractivity contribution in [3.05, 3.63) is 144 Å². The van der Waals surface area contributed by atoms with Crippen LogP contribution < -0.4 is 5.73 Å². The second-order valence-corrected chi connectivity index (χ2v) is 13.5. The van der Waals surface area contributed by atoms with Gasteiger partial charge in [-0.1, -0.05) is 121 Å². The lowest BCUT2D eigenvalue weighted by atomic mass is 9.98. The van der Waals surface area contributed by atoms with Crippen LogP contribution in [-0.4, -0.2) is 34.9 Å². The molecule has 2 amide bonds. The van der Waals surface area contributed by atoms with Crippen LogP contribution in [0.3, 0.4) is 0 Å². The molecular weight excluding hydrogens is 528 g/mol. The van der Waals surface area contributed by atoms with Crippen molar-refractivity contribution < 1.29 is 19.2 Å². The molecule has 6 nitrogen and oxygen atoms in total. The topological polar surface area (TPSA) is 104 Å². The standard InChI is InChI=1S/C34H38N2O4Si/c35-33(37)31(21-27-13-5-1-6-14-27)25-41(39,40)26-32(22-28-15-7-2-8-16-28)34(38)36(23-29-17-9-3-10-18-29)24-30-19-11-4-12-20-30/h1-20,31-32,39-40H,21-26H2,(H2,35,37)/t31-,32-/m1/s1. The highest BCUT2D eigenvalue weighted by Gasteiger charge is 2.40. The fourth-order valence-electron chi connectivity index (χ4n) is 5.27. The molecule has 212 valence electrons. The van der Waals surface area contributed by atoms with Crippen molar-refractivity contribution in [2.24, 2.45) is 17.6 Å². The maximum absolute atomic E-state index is 14.3. The molecule has 4 aromatic rings. The minimum atomic E-state index is -4.04. The zero-order chi connectivity index (χ0) is 29.1. The lowest BCUT2D eigenvalue weighted by molar-refractivity contribution is -0.136. The van der Waals surface area contributed by atoms with Gasteiger partial charge in [-0.15, -0.1) is 0 Å².